The minimum absolute atomic E-state index is 0.148. The average Bonchev–Trinajstić information content (AvgIpc) is 3.21. The van der Waals surface area contributed by atoms with Crippen molar-refractivity contribution in [1.29, 1.82) is 0 Å². The molecule has 0 atom stereocenters. The van der Waals surface area contributed by atoms with Crippen LogP contribution in [0, 0.1) is 12.7 Å². The number of thioether (sulfide) groups is 1. The molecular weight excluding hydrogens is 433 g/mol. The van der Waals surface area contributed by atoms with Gasteiger partial charge in [-0.3, -0.25) is 4.79 Å². The van der Waals surface area contributed by atoms with Crippen LogP contribution in [0.3, 0.4) is 0 Å². The van der Waals surface area contributed by atoms with E-state index in [-0.39, 0.29) is 17.5 Å². The average molecular weight is 454 g/mol. The number of benzene rings is 2. The van der Waals surface area contributed by atoms with E-state index in [1.807, 2.05) is 25.2 Å². The Morgan fingerprint density at radius 3 is 2.77 bits per heavy atom. The fourth-order valence-electron chi connectivity index (χ4n) is 2.92. The van der Waals surface area contributed by atoms with Crippen molar-refractivity contribution in [2.24, 2.45) is 0 Å². The zero-order chi connectivity index (χ0) is 21.8. The molecule has 0 aliphatic heterocycles. The van der Waals surface area contributed by atoms with Gasteiger partial charge in [0.25, 0.3) is 0 Å². The van der Waals surface area contributed by atoms with Crippen molar-refractivity contribution in [3.05, 3.63) is 71.8 Å². The highest BCUT2D eigenvalue weighted by molar-refractivity contribution is 8.00. The van der Waals surface area contributed by atoms with Crippen molar-refractivity contribution < 1.29 is 9.18 Å². The number of amides is 1. The number of nitrogens with zero attached hydrogens (tertiary/aromatic N) is 4. The lowest BCUT2D eigenvalue weighted by Gasteiger charge is -2.15. The van der Waals surface area contributed by atoms with E-state index in [4.69, 9.17) is 0 Å². The molecule has 2 aromatic carbocycles. The Hall–Kier alpha value is -3.04. The smallest absolute Gasteiger partial charge is 0.234 e. The zero-order valence-corrected chi connectivity index (χ0v) is 18.6. The number of nitrogens with one attached hydrogen (secondary N) is 1. The number of thiazole rings is 1. The monoisotopic (exact) mass is 453 g/mol. The number of hydrogen-bond acceptors (Lipinski definition) is 7. The summed E-state index contributed by atoms with van der Waals surface area (Å²) < 4.78 is 14.5. The van der Waals surface area contributed by atoms with Gasteiger partial charge in [-0.2, -0.15) is 4.98 Å². The van der Waals surface area contributed by atoms with Crippen LogP contribution in [0.15, 0.2) is 59.9 Å². The molecule has 0 unspecified atom stereocenters. The van der Waals surface area contributed by atoms with Gasteiger partial charge < -0.3 is 10.2 Å². The summed E-state index contributed by atoms with van der Waals surface area (Å²) in [6.45, 7) is 2.41. The lowest BCUT2D eigenvalue weighted by molar-refractivity contribution is -0.113. The molecule has 0 fully saturated rings. The number of hydrogen-bond donors (Lipinski definition) is 1. The third-order valence-electron chi connectivity index (χ3n) is 4.53. The molecule has 1 N–H and O–H groups in total. The maximum absolute atomic E-state index is 13.7. The summed E-state index contributed by atoms with van der Waals surface area (Å²) in [5.74, 6) is -0.431. The molecule has 0 saturated carbocycles. The molecular formula is C22H20FN5OS2. The Labute approximate surface area is 187 Å². The third-order valence-corrected chi connectivity index (χ3v) is 6.82. The van der Waals surface area contributed by atoms with E-state index in [1.54, 1.807) is 19.1 Å². The van der Waals surface area contributed by atoms with E-state index in [1.165, 1.54) is 41.1 Å². The number of rotatable bonds is 7. The second kappa shape index (κ2) is 9.40. The Kier molecular flexibility index (Phi) is 6.43. The van der Waals surface area contributed by atoms with Crippen molar-refractivity contribution in [1.82, 2.24) is 15.0 Å². The maximum Gasteiger partial charge on any atom is 0.234 e. The first-order chi connectivity index (χ1) is 15.0. The molecule has 2 heterocycles. The molecule has 0 aliphatic rings. The van der Waals surface area contributed by atoms with Crippen LogP contribution in [0.4, 0.5) is 15.2 Å². The van der Waals surface area contributed by atoms with Gasteiger partial charge in [-0.15, -0.1) is 0 Å². The normalized spacial score (nSPS) is 10.9. The second-order valence-corrected chi connectivity index (χ2v) is 8.91. The maximum atomic E-state index is 13.7. The van der Waals surface area contributed by atoms with Gasteiger partial charge in [-0.25, -0.2) is 14.4 Å². The molecule has 158 valence electrons. The lowest BCUT2D eigenvalue weighted by atomic mass is 10.2. The summed E-state index contributed by atoms with van der Waals surface area (Å²) >= 11 is 2.81. The molecule has 1 amide bonds. The minimum atomic E-state index is -0.347. The van der Waals surface area contributed by atoms with Crippen LogP contribution in [-0.4, -0.2) is 33.7 Å². The SMILES string of the molecule is Cc1ccc(NC(=O)CSc2ncnc3nc(N(C)Cc4ccccc4)sc23)cc1F. The van der Waals surface area contributed by atoms with E-state index in [9.17, 15) is 9.18 Å². The summed E-state index contributed by atoms with van der Waals surface area (Å²) in [4.78, 5) is 27.6. The summed E-state index contributed by atoms with van der Waals surface area (Å²) in [6, 6.07) is 14.8. The summed E-state index contributed by atoms with van der Waals surface area (Å²) in [5, 5.41) is 4.25. The van der Waals surface area contributed by atoms with Gasteiger partial charge in [0, 0.05) is 19.3 Å². The number of aromatic nitrogens is 3. The van der Waals surface area contributed by atoms with E-state index >= 15 is 0 Å². The van der Waals surface area contributed by atoms with Crippen LogP contribution in [0.1, 0.15) is 11.1 Å². The fourth-order valence-corrected chi connectivity index (χ4v) is 4.77. The molecule has 6 nitrogen and oxygen atoms in total. The van der Waals surface area contributed by atoms with Crippen molar-refractivity contribution in [2.75, 3.05) is 23.0 Å². The van der Waals surface area contributed by atoms with Crippen LogP contribution >= 0.6 is 23.1 Å². The van der Waals surface area contributed by atoms with Gasteiger partial charge in [0.1, 0.15) is 21.9 Å². The van der Waals surface area contributed by atoms with E-state index in [2.05, 4.69) is 37.3 Å². The van der Waals surface area contributed by atoms with Crippen LogP contribution in [0.2, 0.25) is 0 Å². The summed E-state index contributed by atoms with van der Waals surface area (Å²) in [5.41, 5.74) is 2.77. The molecule has 0 aliphatic carbocycles. The summed E-state index contributed by atoms with van der Waals surface area (Å²) in [6.07, 6.45) is 1.46. The van der Waals surface area contributed by atoms with Crippen LogP contribution < -0.4 is 10.2 Å². The van der Waals surface area contributed by atoms with Crippen molar-refractivity contribution in [2.45, 2.75) is 18.5 Å². The van der Waals surface area contributed by atoms with Gasteiger partial charge >= 0.3 is 0 Å². The number of fused-ring (bicyclic) bond motifs is 1. The quantitative estimate of drug-likeness (QED) is 0.317. The number of carbonyl (C=O) groups excluding carboxylic acids is 1. The topological polar surface area (TPSA) is 71.0 Å². The predicted molar refractivity (Wildman–Crippen MR) is 124 cm³/mol. The highest BCUT2D eigenvalue weighted by Crippen LogP contribution is 2.33. The van der Waals surface area contributed by atoms with E-state index < -0.39 is 0 Å². The number of anilines is 2. The third kappa shape index (κ3) is 5.18. The molecule has 0 spiro atoms. The largest absolute Gasteiger partial charge is 0.347 e. The Bertz CT molecular complexity index is 1220. The first-order valence-corrected chi connectivity index (χ1v) is 11.3. The van der Waals surface area contributed by atoms with Crippen molar-refractivity contribution in [3.63, 3.8) is 0 Å². The van der Waals surface area contributed by atoms with E-state index in [0.29, 0.717) is 21.9 Å². The highest BCUT2D eigenvalue weighted by Gasteiger charge is 2.15. The molecule has 0 radical (unpaired) electrons. The second-order valence-electron chi connectivity index (χ2n) is 6.97. The number of carbonyl (C=O) groups is 1. The fraction of sp³-hybridized carbons (Fsp3) is 0.182. The molecule has 9 heteroatoms. The minimum Gasteiger partial charge on any atom is -0.347 e. The summed E-state index contributed by atoms with van der Waals surface area (Å²) in [7, 11) is 1.99. The van der Waals surface area contributed by atoms with Crippen molar-refractivity contribution in [3.8, 4) is 0 Å². The van der Waals surface area contributed by atoms with Gasteiger partial charge in [0.15, 0.2) is 10.8 Å². The molecule has 4 rings (SSSR count). The molecule has 0 bridgehead atoms. The van der Waals surface area contributed by atoms with E-state index in [0.717, 1.165) is 16.4 Å². The first kappa shape index (κ1) is 21.2. The molecule has 31 heavy (non-hydrogen) atoms. The standard InChI is InChI=1S/C22H20FN5OS2/c1-14-8-9-16(10-17(14)23)26-18(29)12-30-21-19-20(24-13-25-21)27-22(31-19)28(2)11-15-6-4-3-5-7-15/h3-10,13H,11-12H2,1-2H3,(H,26,29). The number of halogens is 1. The van der Waals surface area contributed by atoms with Crippen LogP contribution in [0.25, 0.3) is 10.3 Å². The highest BCUT2D eigenvalue weighted by atomic mass is 32.2. The molecule has 2 aromatic heterocycles. The predicted octanol–water partition coefficient (Wildman–Crippen LogP) is 4.90. The lowest BCUT2D eigenvalue weighted by Crippen LogP contribution is -2.15. The zero-order valence-electron chi connectivity index (χ0n) is 17.0. The first-order valence-electron chi connectivity index (χ1n) is 9.55. The van der Waals surface area contributed by atoms with Gasteiger partial charge in [-0.1, -0.05) is 59.5 Å². The van der Waals surface area contributed by atoms with Gasteiger partial charge in [0.2, 0.25) is 5.91 Å². The Morgan fingerprint density at radius 2 is 2.00 bits per heavy atom. The van der Waals surface area contributed by atoms with Crippen LogP contribution in [0.5, 0.6) is 0 Å². The number of aryl methyl sites for hydroxylation is 1. The Morgan fingerprint density at radius 1 is 1.19 bits per heavy atom. The molecule has 0 saturated heterocycles. The van der Waals surface area contributed by atoms with Crippen molar-refractivity contribution >= 4 is 50.2 Å². The van der Waals surface area contributed by atoms with Crippen LogP contribution in [-0.2, 0) is 11.3 Å². The molecule has 4 aromatic rings. The van der Waals surface area contributed by atoms with Gasteiger partial charge in [-0.05, 0) is 30.2 Å². The Balaban J connectivity index is 1.44. The van der Waals surface area contributed by atoms with Gasteiger partial charge in [0.05, 0.1) is 5.75 Å².